The van der Waals surface area contributed by atoms with Gasteiger partial charge in [0.1, 0.15) is 10.7 Å². The van der Waals surface area contributed by atoms with E-state index in [0.717, 1.165) is 0 Å². The summed E-state index contributed by atoms with van der Waals surface area (Å²) in [6, 6.07) is 6.32. The van der Waals surface area contributed by atoms with Crippen molar-refractivity contribution in [3.8, 4) is 0 Å². The van der Waals surface area contributed by atoms with Crippen molar-refractivity contribution in [3.63, 3.8) is 0 Å². The fourth-order valence-electron chi connectivity index (χ4n) is 2.88. The Morgan fingerprint density at radius 1 is 1.23 bits per heavy atom. The van der Waals surface area contributed by atoms with E-state index in [2.05, 4.69) is 9.62 Å². The van der Waals surface area contributed by atoms with Crippen LogP contribution in [0.2, 0.25) is 10.0 Å². The molecule has 0 spiro atoms. The molecule has 1 aromatic carbocycles. The monoisotopic (exact) mass is 418 g/mol. The third-order valence-corrected chi connectivity index (χ3v) is 6.62. The lowest BCUT2D eigenvalue weighted by atomic mass is 10.2. The maximum atomic E-state index is 12.8. The summed E-state index contributed by atoms with van der Waals surface area (Å²) in [6.07, 6.45) is 1.58. The summed E-state index contributed by atoms with van der Waals surface area (Å²) >= 11 is 12.1. The van der Waals surface area contributed by atoms with Crippen LogP contribution in [0.5, 0.6) is 0 Å². The molecule has 0 saturated carbocycles. The summed E-state index contributed by atoms with van der Waals surface area (Å²) < 4.78 is 39.1. The predicted octanol–water partition coefficient (Wildman–Crippen LogP) is 3.25. The van der Waals surface area contributed by atoms with Gasteiger partial charge in [0.05, 0.1) is 30.5 Å². The number of hydrogen-bond donors (Lipinski definition) is 1. The van der Waals surface area contributed by atoms with Gasteiger partial charge < -0.3 is 9.15 Å². The summed E-state index contributed by atoms with van der Waals surface area (Å²) in [7, 11) is -3.80. The molecule has 2 aromatic rings. The quantitative estimate of drug-likeness (QED) is 0.779. The van der Waals surface area contributed by atoms with Crippen molar-refractivity contribution >= 4 is 33.2 Å². The second-order valence-corrected chi connectivity index (χ2v) is 8.61. The molecule has 1 fully saturated rings. The SMILES string of the molecule is Cc1cc(S(=O)(=O)NCC(c2ccco2)N2CCOCC2)c(Cl)cc1Cl. The highest BCUT2D eigenvalue weighted by molar-refractivity contribution is 7.89. The molecule has 3 rings (SSSR count). The van der Waals surface area contributed by atoms with Crippen LogP contribution in [-0.2, 0) is 14.8 Å². The standard InChI is InChI=1S/C17H20Cl2N2O4S/c1-12-9-17(14(19)10-13(12)18)26(22,23)20-11-15(16-3-2-6-25-16)21-4-7-24-8-5-21/h2-3,6,9-10,15,20H,4-5,7-8,11H2,1H3. The van der Waals surface area contributed by atoms with Gasteiger partial charge in [-0.05, 0) is 36.8 Å². The highest BCUT2D eigenvalue weighted by Crippen LogP contribution is 2.29. The van der Waals surface area contributed by atoms with E-state index >= 15 is 0 Å². The molecule has 1 saturated heterocycles. The third-order valence-electron chi connectivity index (χ3n) is 4.33. The zero-order chi connectivity index (χ0) is 18.7. The van der Waals surface area contributed by atoms with Crippen molar-refractivity contribution in [1.29, 1.82) is 0 Å². The van der Waals surface area contributed by atoms with E-state index in [-0.39, 0.29) is 22.5 Å². The van der Waals surface area contributed by atoms with Gasteiger partial charge in [0.2, 0.25) is 10.0 Å². The van der Waals surface area contributed by atoms with Gasteiger partial charge in [-0.15, -0.1) is 0 Å². The van der Waals surface area contributed by atoms with Gasteiger partial charge >= 0.3 is 0 Å². The fraction of sp³-hybridized carbons (Fsp3) is 0.412. The van der Waals surface area contributed by atoms with Crippen molar-refractivity contribution < 1.29 is 17.6 Å². The summed E-state index contributed by atoms with van der Waals surface area (Å²) in [5, 5.41) is 0.518. The molecule has 1 atom stereocenters. The lowest BCUT2D eigenvalue weighted by Crippen LogP contribution is -2.43. The first kappa shape index (κ1) is 19.7. The molecule has 1 N–H and O–H groups in total. The average molecular weight is 419 g/mol. The Bertz CT molecular complexity index is 850. The number of furan rings is 1. The number of aryl methyl sites for hydroxylation is 1. The minimum Gasteiger partial charge on any atom is -0.468 e. The number of rotatable bonds is 6. The molecule has 1 unspecified atom stereocenters. The molecule has 0 amide bonds. The molecule has 26 heavy (non-hydrogen) atoms. The van der Waals surface area contributed by atoms with Gasteiger partial charge in [0.15, 0.2) is 0 Å². The summed E-state index contributed by atoms with van der Waals surface area (Å²) in [4.78, 5) is 2.15. The summed E-state index contributed by atoms with van der Waals surface area (Å²) in [5.74, 6) is 0.702. The predicted molar refractivity (Wildman–Crippen MR) is 100 cm³/mol. The van der Waals surface area contributed by atoms with Crippen molar-refractivity contribution in [2.24, 2.45) is 0 Å². The third kappa shape index (κ3) is 4.42. The van der Waals surface area contributed by atoms with E-state index in [9.17, 15) is 8.42 Å². The molecule has 9 heteroatoms. The Morgan fingerprint density at radius 3 is 2.62 bits per heavy atom. The Kier molecular flexibility index (Phi) is 6.27. The Hall–Kier alpha value is -1.09. The van der Waals surface area contributed by atoms with Gasteiger partial charge in [-0.1, -0.05) is 23.2 Å². The Labute approximate surface area is 163 Å². The number of nitrogens with one attached hydrogen (secondary N) is 1. The van der Waals surface area contributed by atoms with Crippen LogP contribution in [0, 0.1) is 6.92 Å². The van der Waals surface area contributed by atoms with E-state index in [1.54, 1.807) is 19.3 Å². The molecule has 0 aliphatic carbocycles. The second kappa shape index (κ2) is 8.29. The van der Waals surface area contributed by atoms with Gasteiger partial charge in [-0.2, -0.15) is 0 Å². The smallest absolute Gasteiger partial charge is 0.242 e. The maximum absolute atomic E-state index is 12.8. The van der Waals surface area contributed by atoms with Crippen LogP contribution in [0.25, 0.3) is 0 Å². The van der Waals surface area contributed by atoms with E-state index < -0.39 is 10.0 Å². The first-order valence-corrected chi connectivity index (χ1v) is 10.4. The Morgan fingerprint density at radius 2 is 1.96 bits per heavy atom. The molecule has 6 nitrogen and oxygen atoms in total. The van der Waals surface area contributed by atoms with Crippen molar-refractivity contribution in [3.05, 3.63) is 51.9 Å². The van der Waals surface area contributed by atoms with Crippen molar-refractivity contribution in [2.75, 3.05) is 32.8 Å². The minimum absolute atomic E-state index is 0.0150. The molecular formula is C17H20Cl2N2O4S. The van der Waals surface area contributed by atoms with E-state index in [0.29, 0.717) is 42.6 Å². The van der Waals surface area contributed by atoms with E-state index in [1.165, 1.54) is 12.1 Å². The molecule has 1 aromatic heterocycles. The van der Waals surface area contributed by atoms with Crippen LogP contribution in [0.4, 0.5) is 0 Å². The van der Waals surface area contributed by atoms with Crippen molar-refractivity contribution in [2.45, 2.75) is 17.9 Å². The van der Waals surface area contributed by atoms with E-state index in [4.69, 9.17) is 32.4 Å². The lowest BCUT2D eigenvalue weighted by molar-refractivity contribution is 0.0128. The number of nitrogens with zero attached hydrogens (tertiary/aromatic N) is 1. The molecule has 2 heterocycles. The number of hydrogen-bond acceptors (Lipinski definition) is 5. The minimum atomic E-state index is -3.80. The van der Waals surface area contributed by atoms with Gasteiger partial charge in [-0.25, -0.2) is 13.1 Å². The molecule has 142 valence electrons. The molecule has 1 aliphatic heterocycles. The number of sulfonamides is 1. The zero-order valence-corrected chi connectivity index (χ0v) is 16.6. The number of morpholine rings is 1. The molecule has 0 bridgehead atoms. The summed E-state index contributed by atoms with van der Waals surface area (Å²) in [5.41, 5.74) is 0.646. The number of halogens is 2. The van der Waals surface area contributed by atoms with Crippen molar-refractivity contribution in [1.82, 2.24) is 9.62 Å². The van der Waals surface area contributed by atoms with E-state index in [1.807, 2.05) is 6.07 Å². The normalized spacial score (nSPS) is 17.3. The molecule has 1 aliphatic rings. The molecule has 0 radical (unpaired) electrons. The Balaban J connectivity index is 1.81. The summed E-state index contributed by atoms with van der Waals surface area (Å²) in [6.45, 7) is 4.51. The lowest BCUT2D eigenvalue weighted by Gasteiger charge is -2.33. The van der Waals surface area contributed by atoms with Crippen LogP contribution < -0.4 is 4.72 Å². The van der Waals surface area contributed by atoms with Crippen LogP contribution in [0.3, 0.4) is 0 Å². The highest BCUT2D eigenvalue weighted by Gasteiger charge is 2.27. The average Bonchev–Trinajstić information content (AvgIpc) is 3.13. The topological polar surface area (TPSA) is 71.8 Å². The van der Waals surface area contributed by atoms with Gasteiger partial charge in [-0.3, -0.25) is 4.90 Å². The number of ether oxygens (including phenoxy) is 1. The van der Waals surface area contributed by atoms with Crippen LogP contribution >= 0.6 is 23.2 Å². The van der Waals surface area contributed by atoms with Crippen LogP contribution in [0.15, 0.2) is 39.8 Å². The van der Waals surface area contributed by atoms with Crippen LogP contribution in [0.1, 0.15) is 17.4 Å². The molecular weight excluding hydrogens is 399 g/mol. The first-order chi connectivity index (χ1) is 12.4. The van der Waals surface area contributed by atoms with Gasteiger partial charge in [0, 0.05) is 24.7 Å². The largest absolute Gasteiger partial charge is 0.468 e. The van der Waals surface area contributed by atoms with Gasteiger partial charge in [0.25, 0.3) is 0 Å². The maximum Gasteiger partial charge on any atom is 0.242 e. The highest BCUT2D eigenvalue weighted by atomic mass is 35.5. The first-order valence-electron chi connectivity index (χ1n) is 8.19. The fourth-order valence-corrected chi connectivity index (χ4v) is 4.75. The zero-order valence-electron chi connectivity index (χ0n) is 14.2. The second-order valence-electron chi connectivity index (χ2n) is 6.06. The van der Waals surface area contributed by atoms with Crippen LogP contribution in [-0.4, -0.2) is 46.2 Å². The number of benzene rings is 1.